The number of rotatable bonds is 2. The third kappa shape index (κ3) is 2.95. The van der Waals surface area contributed by atoms with Crippen LogP contribution < -0.4 is 4.90 Å². The van der Waals surface area contributed by atoms with E-state index in [2.05, 4.69) is 41.5 Å². The minimum atomic E-state index is 0.245. The minimum Gasteiger partial charge on any atom is -0.368 e. The lowest BCUT2D eigenvalue weighted by molar-refractivity contribution is 0.0746. The van der Waals surface area contributed by atoms with Crippen LogP contribution in [-0.2, 0) is 12.8 Å². The molecule has 1 aliphatic heterocycles. The van der Waals surface area contributed by atoms with Crippen molar-refractivity contribution in [2.45, 2.75) is 26.2 Å². The van der Waals surface area contributed by atoms with Crippen LogP contribution in [0.15, 0.2) is 35.7 Å². The van der Waals surface area contributed by atoms with E-state index in [1.165, 1.54) is 22.5 Å². The van der Waals surface area contributed by atoms with Crippen molar-refractivity contribution in [3.8, 4) is 0 Å². The molecule has 1 saturated heterocycles. The van der Waals surface area contributed by atoms with Gasteiger partial charge in [0, 0.05) is 42.1 Å². The highest BCUT2D eigenvalue weighted by molar-refractivity contribution is 7.10. The second kappa shape index (κ2) is 6.60. The van der Waals surface area contributed by atoms with Crippen LogP contribution in [0.5, 0.6) is 0 Å². The zero-order valence-electron chi connectivity index (χ0n) is 14.2. The van der Waals surface area contributed by atoms with Gasteiger partial charge in [0.25, 0.3) is 5.91 Å². The lowest BCUT2D eigenvalue weighted by Gasteiger charge is -2.36. The van der Waals surface area contributed by atoms with Gasteiger partial charge >= 0.3 is 0 Å². The SMILES string of the molecule is CC1CCc2c(C(=O)N3CCN(c4ccccc4)CC3)csc2C1. The predicted molar refractivity (Wildman–Crippen MR) is 100 cm³/mol. The number of para-hydroxylation sites is 1. The molecule has 0 spiro atoms. The Labute approximate surface area is 147 Å². The lowest BCUT2D eigenvalue weighted by atomic mass is 9.88. The molecule has 0 N–H and O–H groups in total. The molecule has 1 unspecified atom stereocenters. The predicted octanol–water partition coefficient (Wildman–Crippen LogP) is 3.84. The summed E-state index contributed by atoms with van der Waals surface area (Å²) in [7, 11) is 0. The molecule has 1 fully saturated rings. The molecule has 3 nitrogen and oxygen atoms in total. The number of nitrogens with zero attached hydrogens (tertiary/aromatic N) is 2. The first kappa shape index (κ1) is 15.7. The van der Waals surface area contributed by atoms with Gasteiger partial charge in [-0.2, -0.15) is 0 Å². The van der Waals surface area contributed by atoms with Crippen molar-refractivity contribution in [3.63, 3.8) is 0 Å². The molecular weight excluding hydrogens is 316 g/mol. The topological polar surface area (TPSA) is 23.6 Å². The van der Waals surface area contributed by atoms with E-state index in [0.717, 1.165) is 50.5 Å². The first-order valence-corrected chi connectivity index (χ1v) is 9.79. The highest BCUT2D eigenvalue weighted by atomic mass is 32.1. The van der Waals surface area contributed by atoms with Gasteiger partial charge in [-0.3, -0.25) is 4.79 Å². The van der Waals surface area contributed by atoms with Crippen LogP contribution in [0.1, 0.15) is 34.1 Å². The van der Waals surface area contributed by atoms with Gasteiger partial charge in [-0.15, -0.1) is 11.3 Å². The molecule has 2 aromatic rings. The Kier molecular flexibility index (Phi) is 4.31. The molecule has 1 aliphatic carbocycles. The van der Waals surface area contributed by atoms with E-state index in [1.54, 1.807) is 11.3 Å². The van der Waals surface area contributed by atoms with Gasteiger partial charge in [0.1, 0.15) is 0 Å². The maximum absolute atomic E-state index is 13.0. The number of anilines is 1. The Morgan fingerprint density at radius 3 is 2.62 bits per heavy atom. The van der Waals surface area contributed by atoms with E-state index in [-0.39, 0.29) is 5.91 Å². The van der Waals surface area contributed by atoms with E-state index < -0.39 is 0 Å². The minimum absolute atomic E-state index is 0.245. The Morgan fingerprint density at radius 1 is 1.12 bits per heavy atom. The Bertz CT molecular complexity index is 716. The number of thiophene rings is 1. The van der Waals surface area contributed by atoms with Crippen molar-refractivity contribution < 1.29 is 4.79 Å². The molecule has 1 aromatic carbocycles. The summed E-state index contributed by atoms with van der Waals surface area (Å²) in [6.45, 7) is 5.77. The fourth-order valence-corrected chi connectivity index (χ4v) is 5.07. The molecule has 24 heavy (non-hydrogen) atoms. The summed E-state index contributed by atoms with van der Waals surface area (Å²) < 4.78 is 0. The van der Waals surface area contributed by atoms with Crippen molar-refractivity contribution in [2.75, 3.05) is 31.1 Å². The summed E-state index contributed by atoms with van der Waals surface area (Å²) in [5, 5.41) is 2.11. The number of carbonyl (C=O) groups is 1. The van der Waals surface area contributed by atoms with Gasteiger partial charge in [-0.05, 0) is 42.9 Å². The summed E-state index contributed by atoms with van der Waals surface area (Å²) >= 11 is 1.79. The first-order valence-electron chi connectivity index (χ1n) is 8.91. The average Bonchev–Trinajstić information content (AvgIpc) is 3.05. The van der Waals surface area contributed by atoms with E-state index >= 15 is 0 Å². The third-order valence-electron chi connectivity index (χ3n) is 5.32. The van der Waals surface area contributed by atoms with Crippen LogP contribution in [0.25, 0.3) is 0 Å². The summed E-state index contributed by atoms with van der Waals surface area (Å²) in [5.74, 6) is 1.00. The molecular formula is C20H24N2OS. The fraction of sp³-hybridized carbons (Fsp3) is 0.450. The maximum Gasteiger partial charge on any atom is 0.255 e. The zero-order valence-corrected chi connectivity index (χ0v) is 15.0. The van der Waals surface area contributed by atoms with Crippen LogP contribution in [0.2, 0.25) is 0 Å². The number of benzene rings is 1. The fourth-order valence-electron chi connectivity index (χ4n) is 3.83. The lowest BCUT2D eigenvalue weighted by Crippen LogP contribution is -2.48. The Hall–Kier alpha value is -1.81. The van der Waals surface area contributed by atoms with Gasteiger partial charge in [-0.1, -0.05) is 25.1 Å². The standard InChI is InChI=1S/C20H24N2OS/c1-15-7-8-17-18(14-24-19(17)13-15)20(23)22-11-9-21(10-12-22)16-5-3-2-4-6-16/h2-6,14-15H,7-13H2,1H3. The van der Waals surface area contributed by atoms with Crippen molar-refractivity contribution in [1.29, 1.82) is 0 Å². The van der Waals surface area contributed by atoms with E-state index in [9.17, 15) is 4.79 Å². The quantitative estimate of drug-likeness (QED) is 0.829. The van der Waals surface area contributed by atoms with Crippen LogP contribution in [0.4, 0.5) is 5.69 Å². The zero-order chi connectivity index (χ0) is 16.5. The molecule has 1 aromatic heterocycles. The average molecular weight is 340 g/mol. The summed E-state index contributed by atoms with van der Waals surface area (Å²) in [6, 6.07) is 10.5. The molecule has 1 atom stereocenters. The molecule has 0 radical (unpaired) electrons. The molecule has 2 aliphatic rings. The number of amides is 1. The molecule has 0 bridgehead atoms. The highest BCUT2D eigenvalue weighted by Gasteiger charge is 2.28. The molecule has 126 valence electrons. The van der Waals surface area contributed by atoms with Crippen molar-refractivity contribution in [1.82, 2.24) is 4.90 Å². The van der Waals surface area contributed by atoms with Gasteiger partial charge in [0.15, 0.2) is 0 Å². The van der Waals surface area contributed by atoms with Crippen molar-refractivity contribution >= 4 is 22.9 Å². The number of hydrogen-bond donors (Lipinski definition) is 0. The molecule has 4 heteroatoms. The number of carbonyl (C=O) groups excluding carboxylic acids is 1. The first-order chi connectivity index (χ1) is 11.7. The molecule has 1 amide bonds. The maximum atomic E-state index is 13.0. The number of hydrogen-bond acceptors (Lipinski definition) is 3. The van der Waals surface area contributed by atoms with Crippen molar-refractivity contribution in [2.24, 2.45) is 5.92 Å². The van der Waals surface area contributed by atoms with Crippen LogP contribution in [0.3, 0.4) is 0 Å². The van der Waals surface area contributed by atoms with Gasteiger partial charge < -0.3 is 9.80 Å². The normalized spacial score (nSPS) is 20.8. The number of piperazine rings is 1. The Morgan fingerprint density at radius 2 is 1.88 bits per heavy atom. The second-order valence-corrected chi connectivity index (χ2v) is 7.98. The van der Waals surface area contributed by atoms with Crippen LogP contribution >= 0.6 is 11.3 Å². The number of fused-ring (bicyclic) bond motifs is 1. The van der Waals surface area contributed by atoms with Crippen molar-refractivity contribution in [3.05, 3.63) is 51.7 Å². The summed E-state index contributed by atoms with van der Waals surface area (Å²) in [6.07, 6.45) is 3.44. The highest BCUT2D eigenvalue weighted by Crippen LogP contribution is 2.33. The smallest absolute Gasteiger partial charge is 0.255 e. The monoisotopic (exact) mass is 340 g/mol. The summed E-state index contributed by atoms with van der Waals surface area (Å²) in [5.41, 5.74) is 3.58. The van der Waals surface area contributed by atoms with Crippen LogP contribution in [-0.4, -0.2) is 37.0 Å². The van der Waals surface area contributed by atoms with Crippen LogP contribution in [0, 0.1) is 5.92 Å². The third-order valence-corrected chi connectivity index (χ3v) is 6.37. The largest absolute Gasteiger partial charge is 0.368 e. The Balaban J connectivity index is 1.44. The van der Waals surface area contributed by atoms with E-state index in [1.807, 2.05) is 11.0 Å². The summed E-state index contributed by atoms with van der Waals surface area (Å²) in [4.78, 5) is 18.8. The molecule has 2 heterocycles. The van der Waals surface area contributed by atoms with E-state index in [0.29, 0.717) is 0 Å². The van der Waals surface area contributed by atoms with E-state index in [4.69, 9.17) is 0 Å². The second-order valence-electron chi connectivity index (χ2n) is 7.01. The molecule has 0 saturated carbocycles. The van der Waals surface area contributed by atoms with Gasteiger partial charge in [0.2, 0.25) is 0 Å². The van der Waals surface area contributed by atoms with Gasteiger partial charge in [-0.25, -0.2) is 0 Å². The molecule has 4 rings (SSSR count). The van der Waals surface area contributed by atoms with Gasteiger partial charge in [0.05, 0.1) is 5.56 Å².